The number of benzene rings is 1. The monoisotopic (exact) mass is 599 g/mol. The highest BCUT2D eigenvalue weighted by Gasteiger charge is 2.64. The Morgan fingerprint density at radius 3 is 2.20 bits per heavy atom. The van der Waals surface area contributed by atoms with E-state index >= 15 is 0 Å². The Morgan fingerprint density at radius 1 is 1.00 bits per heavy atom. The summed E-state index contributed by atoms with van der Waals surface area (Å²) in [6.45, 7) is 16.7. The normalized spacial score (nSPS) is 26.4. The van der Waals surface area contributed by atoms with Gasteiger partial charge in [0.05, 0.1) is 11.7 Å². The first-order chi connectivity index (χ1) is 20.8. The number of aliphatic hydroxyl groups excluding tert-OH is 1. The minimum absolute atomic E-state index is 0.0843. The number of hydrogen-bond donors (Lipinski definition) is 2. The van der Waals surface area contributed by atoms with E-state index in [4.69, 9.17) is 11.2 Å². The third kappa shape index (κ3) is 5.37. The average molecular weight is 600 g/mol. The van der Waals surface area contributed by atoms with E-state index in [-0.39, 0.29) is 35.0 Å². The van der Waals surface area contributed by atoms with Gasteiger partial charge in [0.25, 0.3) is 5.91 Å². The maximum atomic E-state index is 13.4. The summed E-state index contributed by atoms with van der Waals surface area (Å²) < 4.78 is 6.60. The average Bonchev–Trinajstić information content (AvgIpc) is 2.99. The number of likely N-dealkylation sites (tertiary alicyclic amines) is 1. The number of aromatic nitrogens is 2. The van der Waals surface area contributed by atoms with Crippen LogP contribution in [0, 0.1) is 42.4 Å². The number of anilines is 1. The predicted molar refractivity (Wildman–Crippen MR) is 173 cm³/mol. The molecule has 2 aliphatic heterocycles. The van der Waals surface area contributed by atoms with Gasteiger partial charge >= 0.3 is 0 Å². The molecule has 1 amide bonds. The fraction of sp³-hybridized carbons (Fsp3) is 0.639. The van der Waals surface area contributed by atoms with Gasteiger partial charge in [0, 0.05) is 72.5 Å². The molecular weight excluding hydrogens is 550 g/mol. The van der Waals surface area contributed by atoms with Crippen LogP contribution in [0.2, 0.25) is 0 Å². The molecule has 2 aliphatic carbocycles. The minimum atomic E-state index is -0.286. The van der Waals surface area contributed by atoms with Crippen molar-refractivity contribution < 1.29 is 14.6 Å². The lowest BCUT2D eigenvalue weighted by atomic mass is 9.49. The summed E-state index contributed by atoms with van der Waals surface area (Å²) >= 11 is 0. The first-order valence-corrected chi connectivity index (χ1v) is 16.4. The van der Waals surface area contributed by atoms with Gasteiger partial charge in [0.1, 0.15) is 11.9 Å². The van der Waals surface area contributed by atoms with Crippen molar-refractivity contribution in [2.24, 2.45) is 16.2 Å². The van der Waals surface area contributed by atoms with Gasteiger partial charge in [0.15, 0.2) is 0 Å². The van der Waals surface area contributed by atoms with E-state index < -0.39 is 0 Å². The highest BCUT2D eigenvalue weighted by Crippen LogP contribution is 2.56. The largest absolute Gasteiger partial charge is 0.489 e. The van der Waals surface area contributed by atoms with Crippen molar-refractivity contribution in [3.05, 3.63) is 46.8 Å². The zero-order valence-corrected chi connectivity index (χ0v) is 27.3. The van der Waals surface area contributed by atoms with Crippen molar-refractivity contribution in [1.29, 1.82) is 0 Å². The van der Waals surface area contributed by atoms with Crippen LogP contribution in [0.3, 0.4) is 0 Å². The highest BCUT2D eigenvalue weighted by atomic mass is 16.5. The third-order valence-electron chi connectivity index (χ3n) is 11.5. The molecule has 1 aromatic heterocycles. The molecule has 4 fully saturated rings. The summed E-state index contributed by atoms with van der Waals surface area (Å²) in [4.78, 5) is 27.4. The van der Waals surface area contributed by atoms with E-state index in [0.717, 1.165) is 61.5 Å². The maximum absolute atomic E-state index is 13.4. The van der Waals surface area contributed by atoms with Crippen LogP contribution in [0.15, 0.2) is 24.5 Å². The molecule has 236 valence electrons. The Kier molecular flexibility index (Phi) is 7.95. The SMILES string of the molecule is C#Cc1ccc(OC2C(C)(C)C(NC(=O)c3cnc(N4CC5(CCC(N6CCC(O)CC6)CC5)C4)nc3)C2(C)C)c(C)c1C. The molecule has 2 saturated carbocycles. The van der Waals surface area contributed by atoms with Gasteiger partial charge in [-0.2, -0.15) is 0 Å². The molecule has 8 heteroatoms. The highest BCUT2D eigenvalue weighted by molar-refractivity contribution is 5.94. The molecule has 6 rings (SSSR count). The lowest BCUT2D eigenvalue weighted by Crippen LogP contribution is -2.74. The van der Waals surface area contributed by atoms with Gasteiger partial charge < -0.3 is 25.0 Å². The van der Waals surface area contributed by atoms with E-state index in [1.54, 1.807) is 12.4 Å². The minimum Gasteiger partial charge on any atom is -0.489 e. The summed E-state index contributed by atoms with van der Waals surface area (Å²) in [5.41, 5.74) is 3.26. The van der Waals surface area contributed by atoms with E-state index in [1.807, 2.05) is 26.0 Å². The standard InChI is InChI=1S/C36H49N5O3/c1-8-25-9-10-29(24(3)23(25)2)44-32-34(4,5)31(35(32,6)7)39-30(43)26-19-37-33(38-20-26)41-21-36(22-41)15-11-27(12-16-36)40-17-13-28(42)14-18-40/h1,9-10,19-20,27-28,31-32,42H,11-18,21-22H2,2-7H3,(H,39,43). The van der Waals surface area contributed by atoms with Crippen molar-refractivity contribution >= 4 is 11.9 Å². The van der Waals surface area contributed by atoms with Crippen LogP contribution >= 0.6 is 0 Å². The number of nitrogens with zero attached hydrogens (tertiary/aromatic N) is 4. The number of rotatable bonds is 6. The summed E-state index contributed by atoms with van der Waals surface area (Å²) in [6, 6.07) is 4.48. The van der Waals surface area contributed by atoms with E-state index in [1.165, 1.54) is 25.7 Å². The first-order valence-electron chi connectivity index (χ1n) is 16.4. The van der Waals surface area contributed by atoms with Crippen LogP contribution in [0.5, 0.6) is 5.75 Å². The van der Waals surface area contributed by atoms with E-state index in [0.29, 0.717) is 23.0 Å². The summed E-state index contributed by atoms with van der Waals surface area (Å²) in [5.74, 6) is 4.13. The van der Waals surface area contributed by atoms with Gasteiger partial charge in [-0.05, 0) is 75.6 Å². The summed E-state index contributed by atoms with van der Waals surface area (Å²) in [6.07, 6.45) is 15.5. The third-order valence-corrected chi connectivity index (χ3v) is 11.5. The number of ether oxygens (including phenoxy) is 1. The molecule has 2 saturated heterocycles. The summed E-state index contributed by atoms with van der Waals surface area (Å²) in [7, 11) is 0. The fourth-order valence-electron chi connectivity index (χ4n) is 8.88. The van der Waals surface area contributed by atoms with Gasteiger partial charge in [0.2, 0.25) is 5.95 Å². The second-order valence-corrected chi connectivity index (χ2v) is 15.2. The molecule has 8 nitrogen and oxygen atoms in total. The Balaban J connectivity index is 1.02. The van der Waals surface area contributed by atoms with Crippen molar-refractivity contribution in [2.45, 2.75) is 104 Å². The second-order valence-electron chi connectivity index (χ2n) is 15.2. The Hall–Kier alpha value is -3.15. The molecule has 1 aromatic carbocycles. The number of amides is 1. The van der Waals surface area contributed by atoms with Crippen molar-refractivity contribution in [1.82, 2.24) is 20.2 Å². The molecule has 1 spiro atoms. The quantitative estimate of drug-likeness (QED) is 0.457. The van der Waals surface area contributed by atoms with Crippen LogP contribution < -0.4 is 15.0 Å². The zero-order chi connectivity index (χ0) is 31.4. The van der Waals surface area contributed by atoms with E-state index in [9.17, 15) is 9.90 Å². The number of carbonyl (C=O) groups excluding carboxylic acids is 1. The number of piperidine rings is 1. The second kappa shape index (κ2) is 11.3. The van der Waals surface area contributed by atoms with Crippen molar-refractivity contribution in [3.63, 3.8) is 0 Å². The lowest BCUT2D eigenvalue weighted by Gasteiger charge is -2.63. The molecule has 3 heterocycles. The predicted octanol–water partition coefficient (Wildman–Crippen LogP) is 4.89. The number of carbonyl (C=O) groups is 1. The molecule has 2 N–H and O–H groups in total. The molecule has 0 atom stereocenters. The lowest BCUT2D eigenvalue weighted by molar-refractivity contribution is -0.164. The summed E-state index contributed by atoms with van der Waals surface area (Å²) in [5, 5.41) is 13.1. The number of hydrogen-bond acceptors (Lipinski definition) is 7. The molecular formula is C36H49N5O3. The topological polar surface area (TPSA) is 90.8 Å². The van der Waals surface area contributed by atoms with Crippen LogP contribution in [-0.4, -0.2) is 76.4 Å². The molecule has 2 aromatic rings. The Labute approximate surface area is 263 Å². The number of aliphatic hydroxyl groups is 1. The van der Waals surface area contributed by atoms with Crippen molar-refractivity contribution in [2.75, 3.05) is 31.1 Å². The molecule has 44 heavy (non-hydrogen) atoms. The van der Waals surface area contributed by atoms with Gasteiger partial charge in [-0.1, -0.05) is 33.6 Å². The molecule has 0 bridgehead atoms. The molecule has 0 radical (unpaired) electrons. The molecule has 4 aliphatic rings. The van der Waals surface area contributed by atoms with Crippen LogP contribution in [0.1, 0.15) is 93.3 Å². The Morgan fingerprint density at radius 2 is 1.61 bits per heavy atom. The van der Waals surface area contributed by atoms with E-state index in [2.05, 4.69) is 58.7 Å². The van der Waals surface area contributed by atoms with Gasteiger partial charge in [-0.3, -0.25) is 4.79 Å². The zero-order valence-electron chi connectivity index (χ0n) is 27.3. The van der Waals surface area contributed by atoms with Gasteiger partial charge in [-0.25, -0.2) is 9.97 Å². The van der Waals surface area contributed by atoms with Crippen LogP contribution in [0.25, 0.3) is 0 Å². The fourth-order valence-corrected chi connectivity index (χ4v) is 8.88. The Bertz CT molecular complexity index is 1400. The number of nitrogens with one attached hydrogen (secondary N) is 1. The van der Waals surface area contributed by atoms with Gasteiger partial charge in [-0.15, -0.1) is 6.42 Å². The maximum Gasteiger partial charge on any atom is 0.254 e. The smallest absolute Gasteiger partial charge is 0.254 e. The van der Waals surface area contributed by atoms with Crippen LogP contribution in [-0.2, 0) is 0 Å². The first kappa shape index (κ1) is 30.9. The van der Waals surface area contributed by atoms with Crippen LogP contribution in [0.4, 0.5) is 5.95 Å². The molecule has 0 unspecified atom stereocenters. The number of terminal acetylenes is 1. The van der Waals surface area contributed by atoms with Crippen molar-refractivity contribution in [3.8, 4) is 18.1 Å².